The fraction of sp³-hybridized carbons (Fsp3) is 0.500. The summed E-state index contributed by atoms with van der Waals surface area (Å²) < 4.78 is 0. The van der Waals surface area contributed by atoms with Crippen LogP contribution in [0.3, 0.4) is 0 Å². The van der Waals surface area contributed by atoms with E-state index in [9.17, 15) is 4.79 Å². The topological polar surface area (TPSA) is 46.3 Å². The average molecular weight is 234 g/mol. The minimum absolute atomic E-state index is 0.0924. The molecule has 0 unspecified atom stereocenters. The molecule has 0 aromatic heterocycles. The number of carbonyl (C=O) groups is 1. The molecule has 0 heterocycles. The number of anilines is 1. The molecule has 1 aromatic rings. The van der Waals surface area contributed by atoms with E-state index in [0.29, 0.717) is 6.42 Å². The van der Waals surface area contributed by atoms with Crippen LogP contribution in [0.2, 0.25) is 0 Å². The van der Waals surface area contributed by atoms with E-state index in [1.165, 1.54) is 0 Å². The second-order valence-electron chi connectivity index (χ2n) is 5.04. The molecule has 0 atom stereocenters. The number of nitrogens with zero attached hydrogens (tertiary/aromatic N) is 1. The molecule has 0 radical (unpaired) electrons. The number of likely N-dealkylation sites (N-methyl/N-ethyl adjacent to an activating group) is 1. The maximum absolute atomic E-state index is 12.1. The summed E-state index contributed by atoms with van der Waals surface area (Å²) >= 11 is 0. The van der Waals surface area contributed by atoms with Crippen molar-refractivity contribution in [3.05, 3.63) is 29.8 Å². The van der Waals surface area contributed by atoms with Gasteiger partial charge < -0.3 is 10.6 Å². The first kappa shape index (κ1) is 13.6. The summed E-state index contributed by atoms with van der Waals surface area (Å²) in [5, 5.41) is 0. The van der Waals surface area contributed by atoms with Crippen molar-refractivity contribution in [2.75, 3.05) is 12.8 Å². The third-order valence-corrected chi connectivity index (χ3v) is 3.48. The molecule has 94 valence electrons. The van der Waals surface area contributed by atoms with E-state index in [0.717, 1.165) is 17.7 Å². The Hall–Kier alpha value is -1.51. The number of hydrogen-bond donors (Lipinski definition) is 1. The number of rotatable bonds is 4. The minimum atomic E-state index is -0.0924. The van der Waals surface area contributed by atoms with Gasteiger partial charge >= 0.3 is 0 Å². The highest BCUT2D eigenvalue weighted by molar-refractivity contribution is 5.79. The Balaban J connectivity index is 2.69. The summed E-state index contributed by atoms with van der Waals surface area (Å²) in [6.07, 6.45) is 1.37. The zero-order valence-corrected chi connectivity index (χ0v) is 11.2. The molecule has 0 saturated heterocycles. The van der Waals surface area contributed by atoms with Crippen LogP contribution in [0.1, 0.15) is 32.8 Å². The van der Waals surface area contributed by atoms with Gasteiger partial charge in [0.2, 0.25) is 5.91 Å². The van der Waals surface area contributed by atoms with Crippen LogP contribution in [0.5, 0.6) is 0 Å². The molecule has 0 aliphatic rings. The van der Waals surface area contributed by atoms with Crippen molar-refractivity contribution in [2.45, 2.75) is 39.2 Å². The van der Waals surface area contributed by atoms with Crippen LogP contribution in [0.15, 0.2) is 24.3 Å². The first-order chi connectivity index (χ1) is 7.86. The molecule has 0 fully saturated rings. The normalized spacial score (nSPS) is 11.3. The van der Waals surface area contributed by atoms with E-state index in [1.54, 1.807) is 0 Å². The summed E-state index contributed by atoms with van der Waals surface area (Å²) in [5.74, 6) is 0.140. The Morgan fingerprint density at radius 3 is 2.29 bits per heavy atom. The molecule has 17 heavy (non-hydrogen) atoms. The van der Waals surface area contributed by atoms with Gasteiger partial charge in [0.05, 0.1) is 6.42 Å². The van der Waals surface area contributed by atoms with Crippen molar-refractivity contribution in [3.8, 4) is 0 Å². The van der Waals surface area contributed by atoms with E-state index in [2.05, 4.69) is 20.8 Å². The SMILES string of the molecule is CCC(C)(C)N(C)C(=O)Cc1ccc(N)cc1. The second-order valence-corrected chi connectivity index (χ2v) is 5.04. The predicted octanol–water partition coefficient (Wildman–Crippen LogP) is 2.46. The Bertz CT molecular complexity index is 382. The van der Waals surface area contributed by atoms with Gasteiger partial charge in [-0.15, -0.1) is 0 Å². The molecule has 0 aliphatic carbocycles. The average Bonchev–Trinajstić information content (AvgIpc) is 2.31. The molecule has 0 aliphatic heterocycles. The van der Waals surface area contributed by atoms with Crippen LogP contribution < -0.4 is 5.73 Å². The Morgan fingerprint density at radius 1 is 1.29 bits per heavy atom. The summed E-state index contributed by atoms with van der Waals surface area (Å²) in [6.45, 7) is 6.24. The zero-order valence-electron chi connectivity index (χ0n) is 11.2. The Kier molecular flexibility index (Phi) is 4.16. The smallest absolute Gasteiger partial charge is 0.227 e. The number of nitrogen functional groups attached to an aromatic ring is 1. The monoisotopic (exact) mass is 234 g/mol. The van der Waals surface area contributed by atoms with Crippen molar-refractivity contribution in [2.24, 2.45) is 0 Å². The van der Waals surface area contributed by atoms with E-state index >= 15 is 0 Å². The number of hydrogen-bond acceptors (Lipinski definition) is 2. The van der Waals surface area contributed by atoms with E-state index in [1.807, 2.05) is 36.2 Å². The van der Waals surface area contributed by atoms with Crippen LogP contribution in [0, 0.1) is 0 Å². The summed E-state index contributed by atoms with van der Waals surface area (Å²) in [7, 11) is 1.86. The molecular weight excluding hydrogens is 212 g/mol. The van der Waals surface area contributed by atoms with Gasteiger partial charge in [-0.05, 0) is 38.0 Å². The van der Waals surface area contributed by atoms with Crippen LogP contribution in [0.25, 0.3) is 0 Å². The Labute approximate surface area is 104 Å². The highest BCUT2D eigenvalue weighted by Crippen LogP contribution is 2.18. The zero-order chi connectivity index (χ0) is 13.1. The van der Waals surface area contributed by atoms with Crippen LogP contribution >= 0.6 is 0 Å². The molecule has 0 bridgehead atoms. The number of carbonyl (C=O) groups excluding carboxylic acids is 1. The lowest BCUT2D eigenvalue weighted by molar-refractivity contribution is -0.133. The molecule has 2 N–H and O–H groups in total. The lowest BCUT2D eigenvalue weighted by Gasteiger charge is -2.35. The second kappa shape index (κ2) is 5.21. The highest BCUT2D eigenvalue weighted by atomic mass is 16.2. The van der Waals surface area contributed by atoms with Crippen LogP contribution in [-0.4, -0.2) is 23.4 Å². The molecule has 0 spiro atoms. The van der Waals surface area contributed by atoms with Crippen LogP contribution in [0.4, 0.5) is 5.69 Å². The third-order valence-electron chi connectivity index (χ3n) is 3.48. The van der Waals surface area contributed by atoms with Gasteiger partial charge in [-0.25, -0.2) is 0 Å². The summed E-state index contributed by atoms with van der Waals surface area (Å²) in [6, 6.07) is 7.46. The van der Waals surface area contributed by atoms with E-state index in [4.69, 9.17) is 5.73 Å². The van der Waals surface area contributed by atoms with Crippen LogP contribution in [-0.2, 0) is 11.2 Å². The van der Waals surface area contributed by atoms with E-state index in [-0.39, 0.29) is 11.4 Å². The summed E-state index contributed by atoms with van der Waals surface area (Å²) in [5.41, 5.74) is 7.25. The van der Waals surface area contributed by atoms with Gasteiger partial charge in [0.1, 0.15) is 0 Å². The van der Waals surface area contributed by atoms with Crippen molar-refractivity contribution in [1.29, 1.82) is 0 Å². The van der Waals surface area contributed by atoms with Gasteiger partial charge in [0.15, 0.2) is 0 Å². The Morgan fingerprint density at radius 2 is 1.82 bits per heavy atom. The standard InChI is InChI=1S/C14H22N2O/c1-5-14(2,3)16(4)13(17)10-11-6-8-12(15)9-7-11/h6-9H,5,10,15H2,1-4H3. The maximum atomic E-state index is 12.1. The fourth-order valence-corrected chi connectivity index (χ4v) is 1.50. The van der Waals surface area contributed by atoms with E-state index < -0.39 is 0 Å². The maximum Gasteiger partial charge on any atom is 0.227 e. The molecule has 3 heteroatoms. The van der Waals surface area contributed by atoms with Gasteiger partial charge in [-0.1, -0.05) is 19.1 Å². The van der Waals surface area contributed by atoms with Gasteiger partial charge in [0, 0.05) is 18.3 Å². The van der Waals surface area contributed by atoms with Crippen molar-refractivity contribution in [3.63, 3.8) is 0 Å². The highest BCUT2D eigenvalue weighted by Gasteiger charge is 2.25. The fourth-order valence-electron chi connectivity index (χ4n) is 1.50. The first-order valence-corrected chi connectivity index (χ1v) is 5.98. The number of amides is 1. The van der Waals surface area contributed by atoms with Crippen molar-refractivity contribution in [1.82, 2.24) is 4.90 Å². The first-order valence-electron chi connectivity index (χ1n) is 5.98. The molecule has 1 amide bonds. The van der Waals surface area contributed by atoms with Crippen molar-refractivity contribution < 1.29 is 4.79 Å². The van der Waals surface area contributed by atoms with Gasteiger partial charge in [-0.2, -0.15) is 0 Å². The molecule has 1 aromatic carbocycles. The summed E-state index contributed by atoms with van der Waals surface area (Å²) in [4.78, 5) is 13.9. The molecule has 0 saturated carbocycles. The molecule has 3 nitrogen and oxygen atoms in total. The van der Waals surface area contributed by atoms with Crippen molar-refractivity contribution >= 4 is 11.6 Å². The quantitative estimate of drug-likeness (QED) is 0.813. The van der Waals surface area contributed by atoms with Gasteiger partial charge in [0.25, 0.3) is 0 Å². The number of nitrogens with two attached hydrogens (primary N) is 1. The lowest BCUT2D eigenvalue weighted by Crippen LogP contribution is -2.45. The third kappa shape index (κ3) is 3.48. The van der Waals surface area contributed by atoms with Gasteiger partial charge in [-0.3, -0.25) is 4.79 Å². The lowest BCUT2D eigenvalue weighted by atomic mass is 9.99. The predicted molar refractivity (Wildman–Crippen MR) is 71.7 cm³/mol. The largest absolute Gasteiger partial charge is 0.399 e. The number of benzene rings is 1. The molecular formula is C14H22N2O. The molecule has 1 rings (SSSR count). The minimum Gasteiger partial charge on any atom is -0.399 e.